The molecule has 2 rings (SSSR count). The average Bonchev–Trinajstić information content (AvgIpc) is 3.01. The second-order valence-electron chi connectivity index (χ2n) is 4.91. The molecule has 1 aromatic heterocycles. The molecule has 120 valence electrons. The van der Waals surface area contributed by atoms with Gasteiger partial charge in [0.05, 0.1) is 18.0 Å². The van der Waals surface area contributed by atoms with E-state index in [1.165, 1.54) is 11.3 Å². The van der Waals surface area contributed by atoms with Gasteiger partial charge in [-0.2, -0.15) is 0 Å². The van der Waals surface area contributed by atoms with Gasteiger partial charge in [0, 0.05) is 12.1 Å². The lowest BCUT2D eigenvalue weighted by Crippen LogP contribution is -2.34. The van der Waals surface area contributed by atoms with Crippen LogP contribution >= 0.6 is 23.7 Å². The van der Waals surface area contributed by atoms with E-state index in [9.17, 15) is 4.79 Å². The smallest absolute Gasteiger partial charge is 0.261 e. The summed E-state index contributed by atoms with van der Waals surface area (Å²) in [7, 11) is 5.65. The molecule has 2 aromatic rings. The first-order valence-corrected chi connectivity index (χ1v) is 7.62. The number of ether oxygens (including phenoxy) is 1. The number of nitrogens with zero attached hydrogens (tertiary/aromatic N) is 1. The van der Waals surface area contributed by atoms with Gasteiger partial charge in [-0.1, -0.05) is 24.3 Å². The number of carbonyl (C=O) groups excluding carboxylic acids is 1. The summed E-state index contributed by atoms with van der Waals surface area (Å²) in [5, 5.41) is 4.89. The lowest BCUT2D eigenvalue weighted by molar-refractivity contribution is 0.0945. The van der Waals surface area contributed by atoms with Gasteiger partial charge in [-0.3, -0.25) is 4.79 Å². The minimum absolute atomic E-state index is 0. The molecule has 0 aliphatic carbocycles. The highest BCUT2D eigenvalue weighted by Gasteiger charge is 2.19. The number of methoxy groups -OCH3 is 1. The van der Waals surface area contributed by atoms with Crippen molar-refractivity contribution in [2.24, 2.45) is 0 Å². The average molecular weight is 341 g/mol. The quantitative estimate of drug-likeness (QED) is 0.878. The number of para-hydroxylation sites is 1. The van der Waals surface area contributed by atoms with Crippen molar-refractivity contribution >= 4 is 29.7 Å². The predicted molar refractivity (Wildman–Crippen MR) is 93.3 cm³/mol. The van der Waals surface area contributed by atoms with E-state index < -0.39 is 0 Å². The first kappa shape index (κ1) is 18.5. The van der Waals surface area contributed by atoms with E-state index in [0.29, 0.717) is 6.54 Å². The van der Waals surface area contributed by atoms with Crippen molar-refractivity contribution < 1.29 is 9.53 Å². The van der Waals surface area contributed by atoms with Crippen LogP contribution in [0.1, 0.15) is 21.3 Å². The zero-order valence-corrected chi connectivity index (χ0v) is 14.5. The maximum absolute atomic E-state index is 12.1. The van der Waals surface area contributed by atoms with Crippen LogP contribution in [0, 0.1) is 0 Å². The van der Waals surface area contributed by atoms with Crippen molar-refractivity contribution in [3.8, 4) is 5.75 Å². The molecular weight excluding hydrogens is 320 g/mol. The van der Waals surface area contributed by atoms with Gasteiger partial charge in [0.25, 0.3) is 5.91 Å². The number of likely N-dealkylation sites (N-methyl/N-ethyl adjacent to an activating group) is 1. The molecule has 1 atom stereocenters. The molecule has 0 aliphatic heterocycles. The Kier molecular flexibility index (Phi) is 7.38. The maximum Gasteiger partial charge on any atom is 0.261 e. The molecule has 0 fully saturated rings. The summed E-state index contributed by atoms with van der Waals surface area (Å²) in [6.45, 7) is 0.532. The van der Waals surface area contributed by atoms with Gasteiger partial charge in [-0.05, 0) is 31.6 Å². The maximum atomic E-state index is 12.1. The van der Waals surface area contributed by atoms with Crippen molar-refractivity contribution in [2.75, 3.05) is 27.7 Å². The third kappa shape index (κ3) is 4.47. The summed E-state index contributed by atoms with van der Waals surface area (Å²) >= 11 is 1.44. The van der Waals surface area contributed by atoms with E-state index in [-0.39, 0.29) is 24.4 Å². The van der Waals surface area contributed by atoms with Crippen molar-refractivity contribution in [1.82, 2.24) is 10.2 Å². The Morgan fingerprint density at radius 1 is 1.27 bits per heavy atom. The van der Waals surface area contributed by atoms with Gasteiger partial charge in [0.15, 0.2) is 0 Å². The Morgan fingerprint density at radius 2 is 2.00 bits per heavy atom. The molecular formula is C16H21ClN2O2S. The fraction of sp³-hybridized carbons (Fsp3) is 0.312. The monoisotopic (exact) mass is 340 g/mol. The summed E-state index contributed by atoms with van der Waals surface area (Å²) < 4.78 is 5.42. The summed E-state index contributed by atoms with van der Waals surface area (Å²) in [4.78, 5) is 14.9. The number of thiophene rings is 1. The molecule has 0 spiro atoms. The van der Waals surface area contributed by atoms with E-state index in [4.69, 9.17) is 4.74 Å². The topological polar surface area (TPSA) is 41.6 Å². The second-order valence-corrected chi connectivity index (χ2v) is 5.86. The highest BCUT2D eigenvalue weighted by Crippen LogP contribution is 2.27. The van der Waals surface area contributed by atoms with Gasteiger partial charge in [-0.25, -0.2) is 0 Å². The Balaban J connectivity index is 0.00000242. The van der Waals surface area contributed by atoms with Gasteiger partial charge in [0.1, 0.15) is 5.75 Å². The van der Waals surface area contributed by atoms with Crippen LogP contribution in [-0.2, 0) is 0 Å². The SMILES string of the molecule is COc1ccccc1C(CNC(=O)c1cccs1)N(C)C.Cl. The van der Waals surface area contributed by atoms with E-state index in [1.807, 2.05) is 55.9 Å². The molecule has 1 aromatic carbocycles. The van der Waals surface area contributed by atoms with Gasteiger partial charge in [0.2, 0.25) is 0 Å². The minimum Gasteiger partial charge on any atom is -0.496 e. The number of amides is 1. The van der Waals surface area contributed by atoms with E-state index in [2.05, 4.69) is 10.2 Å². The van der Waals surface area contributed by atoms with E-state index in [0.717, 1.165) is 16.2 Å². The standard InChI is InChI=1S/C16H20N2O2S.ClH/c1-18(2)13(12-7-4-5-8-14(12)20-3)11-17-16(19)15-9-6-10-21-15;/h4-10,13H,11H2,1-3H3,(H,17,19);1H. The van der Waals surface area contributed by atoms with Gasteiger partial charge < -0.3 is 15.0 Å². The number of carbonyl (C=O) groups is 1. The Bertz CT molecular complexity index is 588. The number of halogens is 1. The molecule has 1 N–H and O–H groups in total. The number of benzene rings is 1. The predicted octanol–water partition coefficient (Wildman–Crippen LogP) is 3.21. The Labute approximate surface area is 141 Å². The number of rotatable bonds is 6. The largest absolute Gasteiger partial charge is 0.496 e. The van der Waals surface area contributed by atoms with Crippen LogP contribution in [-0.4, -0.2) is 38.6 Å². The molecule has 0 saturated carbocycles. The zero-order valence-electron chi connectivity index (χ0n) is 12.9. The Morgan fingerprint density at radius 3 is 2.59 bits per heavy atom. The van der Waals surface area contributed by atoms with Crippen LogP contribution in [0.25, 0.3) is 0 Å². The Hall–Kier alpha value is -1.56. The highest BCUT2D eigenvalue weighted by atomic mass is 35.5. The highest BCUT2D eigenvalue weighted by molar-refractivity contribution is 7.12. The van der Waals surface area contributed by atoms with Crippen molar-refractivity contribution in [3.05, 3.63) is 52.2 Å². The molecule has 1 heterocycles. The van der Waals surface area contributed by atoms with Crippen LogP contribution in [0.3, 0.4) is 0 Å². The molecule has 0 saturated heterocycles. The molecule has 1 unspecified atom stereocenters. The molecule has 22 heavy (non-hydrogen) atoms. The summed E-state index contributed by atoms with van der Waals surface area (Å²) in [5.41, 5.74) is 1.07. The fourth-order valence-corrected chi connectivity index (χ4v) is 2.84. The molecule has 4 nitrogen and oxygen atoms in total. The van der Waals surface area contributed by atoms with Gasteiger partial charge in [-0.15, -0.1) is 23.7 Å². The van der Waals surface area contributed by atoms with Crippen LogP contribution in [0.2, 0.25) is 0 Å². The molecule has 1 amide bonds. The first-order chi connectivity index (χ1) is 10.1. The van der Waals surface area contributed by atoms with E-state index >= 15 is 0 Å². The van der Waals surface area contributed by atoms with Crippen LogP contribution < -0.4 is 10.1 Å². The van der Waals surface area contributed by atoms with E-state index in [1.54, 1.807) is 7.11 Å². The zero-order chi connectivity index (χ0) is 15.2. The van der Waals surface area contributed by atoms with Crippen LogP contribution in [0.5, 0.6) is 5.75 Å². The third-order valence-corrected chi connectivity index (χ3v) is 4.19. The van der Waals surface area contributed by atoms with Crippen molar-refractivity contribution in [2.45, 2.75) is 6.04 Å². The van der Waals surface area contributed by atoms with Crippen molar-refractivity contribution in [1.29, 1.82) is 0 Å². The number of hydrogen-bond acceptors (Lipinski definition) is 4. The minimum atomic E-state index is -0.0354. The third-order valence-electron chi connectivity index (χ3n) is 3.32. The summed E-state index contributed by atoms with van der Waals surface area (Å²) in [6, 6.07) is 11.7. The van der Waals surface area contributed by atoms with Gasteiger partial charge >= 0.3 is 0 Å². The normalized spacial score (nSPS) is 11.6. The first-order valence-electron chi connectivity index (χ1n) is 6.74. The van der Waals surface area contributed by atoms with Crippen LogP contribution in [0.15, 0.2) is 41.8 Å². The number of hydrogen-bond donors (Lipinski definition) is 1. The number of nitrogens with one attached hydrogen (secondary N) is 1. The molecule has 0 bridgehead atoms. The lowest BCUT2D eigenvalue weighted by atomic mass is 10.0. The molecule has 0 aliphatic rings. The van der Waals surface area contributed by atoms with Crippen LogP contribution in [0.4, 0.5) is 0 Å². The fourth-order valence-electron chi connectivity index (χ4n) is 2.20. The summed E-state index contributed by atoms with van der Waals surface area (Å²) in [5.74, 6) is 0.799. The van der Waals surface area contributed by atoms with Crippen molar-refractivity contribution in [3.63, 3.8) is 0 Å². The lowest BCUT2D eigenvalue weighted by Gasteiger charge is -2.26. The molecule has 0 radical (unpaired) electrons. The second kappa shape index (κ2) is 8.78. The summed E-state index contributed by atoms with van der Waals surface area (Å²) in [6.07, 6.45) is 0. The molecule has 6 heteroatoms.